The Hall–Kier alpha value is -2.96. The summed E-state index contributed by atoms with van der Waals surface area (Å²) in [5, 5.41) is 11.0. The van der Waals surface area contributed by atoms with Crippen LogP contribution in [0.15, 0.2) is 43.0 Å². The van der Waals surface area contributed by atoms with Gasteiger partial charge in [-0.2, -0.15) is 5.10 Å². The van der Waals surface area contributed by atoms with Crippen molar-refractivity contribution in [1.82, 2.24) is 24.9 Å². The second-order valence-electron chi connectivity index (χ2n) is 9.68. The van der Waals surface area contributed by atoms with Gasteiger partial charge in [0.1, 0.15) is 11.4 Å². The lowest BCUT2D eigenvalue weighted by atomic mass is 9.68. The minimum Gasteiger partial charge on any atom is -0.366 e. The predicted molar refractivity (Wildman–Crippen MR) is 115 cm³/mol. The summed E-state index contributed by atoms with van der Waals surface area (Å²) >= 11 is 0. The number of nitrogens with zero attached hydrogens (tertiary/aromatic N) is 4. The average Bonchev–Trinajstić information content (AvgIpc) is 3.39. The molecule has 0 aliphatic heterocycles. The summed E-state index contributed by atoms with van der Waals surface area (Å²) in [6.45, 7) is 7.52. The number of carbonyl (C=O) groups excluding carboxylic acids is 1. The number of fused-ring (bicyclic) bond motifs is 3. The van der Waals surface area contributed by atoms with Gasteiger partial charge in [0.05, 0.1) is 6.20 Å². The number of amides is 1. The van der Waals surface area contributed by atoms with Crippen LogP contribution in [-0.4, -0.2) is 31.5 Å². The number of carbonyl (C=O) groups is 1. The van der Waals surface area contributed by atoms with Gasteiger partial charge in [-0.05, 0) is 53.7 Å². The van der Waals surface area contributed by atoms with Crippen molar-refractivity contribution in [3.8, 4) is 0 Å². The maximum absolute atomic E-state index is 13.2. The lowest BCUT2D eigenvalue weighted by Gasteiger charge is -2.43. The Kier molecular flexibility index (Phi) is 4.31. The van der Waals surface area contributed by atoms with Crippen LogP contribution in [0.1, 0.15) is 56.0 Å². The van der Waals surface area contributed by atoms with Crippen LogP contribution in [0.4, 0.5) is 5.82 Å². The fourth-order valence-electron chi connectivity index (χ4n) is 5.69. The second-order valence-corrected chi connectivity index (χ2v) is 9.68. The molecule has 0 spiro atoms. The van der Waals surface area contributed by atoms with Crippen molar-refractivity contribution >= 4 is 17.4 Å². The average molecular weight is 405 g/mol. The van der Waals surface area contributed by atoms with Crippen LogP contribution < -0.4 is 10.6 Å². The fraction of sp³-hybridized carbons (Fsp3) is 0.478. The molecule has 2 fully saturated rings. The zero-order valence-electron chi connectivity index (χ0n) is 17.7. The van der Waals surface area contributed by atoms with Crippen molar-refractivity contribution in [2.45, 2.75) is 52.6 Å². The number of rotatable bonds is 5. The second kappa shape index (κ2) is 6.79. The highest BCUT2D eigenvalue weighted by Gasteiger charge is 2.59. The van der Waals surface area contributed by atoms with Gasteiger partial charge in [-0.15, -0.1) is 0 Å². The summed E-state index contributed by atoms with van der Waals surface area (Å²) in [4.78, 5) is 22.0. The van der Waals surface area contributed by atoms with E-state index >= 15 is 0 Å². The summed E-state index contributed by atoms with van der Waals surface area (Å²) in [6, 6.07) is 5.94. The Labute approximate surface area is 176 Å². The molecule has 0 aromatic carbocycles. The van der Waals surface area contributed by atoms with Gasteiger partial charge in [-0.3, -0.25) is 9.78 Å². The van der Waals surface area contributed by atoms with E-state index < -0.39 is 0 Å². The minimum atomic E-state index is -0.0891. The van der Waals surface area contributed by atoms with E-state index in [0.29, 0.717) is 29.5 Å². The molecule has 0 saturated heterocycles. The SMILES string of the molecule is CC12CCC(C1)C(C)(C)C2NC(=O)c1cnn2ccc(NCc3cccnc3)nc12. The Morgan fingerprint density at radius 3 is 2.87 bits per heavy atom. The Morgan fingerprint density at radius 2 is 2.13 bits per heavy atom. The molecule has 156 valence electrons. The van der Waals surface area contributed by atoms with E-state index in [9.17, 15) is 4.79 Å². The molecule has 5 rings (SSSR count). The summed E-state index contributed by atoms with van der Waals surface area (Å²) < 4.78 is 1.65. The highest BCUT2D eigenvalue weighted by atomic mass is 16.1. The molecular weight excluding hydrogens is 376 g/mol. The normalized spacial score (nSPS) is 26.8. The largest absolute Gasteiger partial charge is 0.366 e. The van der Waals surface area contributed by atoms with Gasteiger partial charge in [0.2, 0.25) is 0 Å². The highest BCUT2D eigenvalue weighted by molar-refractivity contribution is 6.00. The summed E-state index contributed by atoms with van der Waals surface area (Å²) in [5.74, 6) is 1.29. The van der Waals surface area contributed by atoms with E-state index in [-0.39, 0.29) is 22.8 Å². The summed E-state index contributed by atoms with van der Waals surface area (Å²) in [7, 11) is 0. The molecule has 3 atom stereocenters. The molecule has 7 nitrogen and oxygen atoms in total. The number of pyridine rings is 1. The van der Waals surface area contributed by atoms with Crippen molar-refractivity contribution in [1.29, 1.82) is 0 Å². The molecule has 30 heavy (non-hydrogen) atoms. The minimum absolute atomic E-state index is 0.0891. The Balaban J connectivity index is 1.37. The van der Waals surface area contributed by atoms with Gasteiger partial charge >= 0.3 is 0 Å². The van der Waals surface area contributed by atoms with Crippen LogP contribution in [0.2, 0.25) is 0 Å². The van der Waals surface area contributed by atoms with Crippen LogP contribution in [0.3, 0.4) is 0 Å². The van der Waals surface area contributed by atoms with E-state index in [1.54, 1.807) is 16.9 Å². The van der Waals surface area contributed by atoms with Gasteiger partial charge in [0, 0.05) is 31.2 Å². The smallest absolute Gasteiger partial charge is 0.257 e. The van der Waals surface area contributed by atoms with E-state index in [4.69, 9.17) is 0 Å². The van der Waals surface area contributed by atoms with E-state index in [0.717, 1.165) is 5.56 Å². The molecule has 2 aliphatic carbocycles. The molecule has 7 heteroatoms. The van der Waals surface area contributed by atoms with Gasteiger partial charge in [0.15, 0.2) is 5.65 Å². The van der Waals surface area contributed by atoms with Crippen LogP contribution >= 0.6 is 0 Å². The van der Waals surface area contributed by atoms with Crippen molar-refractivity contribution < 1.29 is 4.79 Å². The van der Waals surface area contributed by atoms with Crippen molar-refractivity contribution in [3.63, 3.8) is 0 Å². The predicted octanol–water partition coefficient (Wildman–Crippen LogP) is 3.68. The molecule has 3 unspecified atom stereocenters. The highest BCUT2D eigenvalue weighted by Crippen LogP contribution is 2.62. The molecule has 2 N–H and O–H groups in total. The third-order valence-corrected chi connectivity index (χ3v) is 7.36. The summed E-state index contributed by atoms with van der Waals surface area (Å²) in [5.41, 5.74) is 2.43. The fourth-order valence-corrected chi connectivity index (χ4v) is 5.69. The van der Waals surface area contributed by atoms with Crippen molar-refractivity contribution in [2.75, 3.05) is 5.32 Å². The number of aromatic nitrogens is 4. The molecule has 0 radical (unpaired) electrons. The molecule has 3 aromatic heterocycles. The molecule has 1 amide bonds. The maximum Gasteiger partial charge on any atom is 0.257 e. The topological polar surface area (TPSA) is 84.2 Å². The third-order valence-electron chi connectivity index (χ3n) is 7.36. The first-order valence-electron chi connectivity index (χ1n) is 10.6. The van der Waals surface area contributed by atoms with E-state index in [1.165, 1.54) is 19.3 Å². The first-order chi connectivity index (χ1) is 14.4. The van der Waals surface area contributed by atoms with Crippen LogP contribution in [0, 0.1) is 16.7 Å². The molecule has 2 saturated carbocycles. The zero-order valence-corrected chi connectivity index (χ0v) is 17.7. The first kappa shape index (κ1) is 19.0. The van der Waals surface area contributed by atoms with E-state index in [2.05, 4.69) is 46.5 Å². The van der Waals surface area contributed by atoms with Crippen LogP contribution in [0.5, 0.6) is 0 Å². The molecule has 2 aliphatic rings. The number of hydrogen-bond donors (Lipinski definition) is 2. The maximum atomic E-state index is 13.2. The Morgan fingerprint density at radius 1 is 1.27 bits per heavy atom. The number of nitrogens with one attached hydrogen (secondary N) is 2. The lowest BCUT2D eigenvalue weighted by Crippen LogP contribution is -2.52. The van der Waals surface area contributed by atoms with Crippen LogP contribution in [-0.2, 0) is 6.54 Å². The van der Waals surface area contributed by atoms with Crippen LogP contribution in [0.25, 0.3) is 5.65 Å². The zero-order chi connectivity index (χ0) is 20.9. The van der Waals surface area contributed by atoms with E-state index in [1.807, 2.05) is 30.6 Å². The number of anilines is 1. The van der Waals surface area contributed by atoms with Gasteiger partial charge in [0.25, 0.3) is 5.91 Å². The third kappa shape index (κ3) is 3.04. The molecular formula is C23H28N6O. The molecule has 3 aromatic rings. The quantitative estimate of drug-likeness (QED) is 0.678. The molecule has 2 bridgehead atoms. The molecule has 3 heterocycles. The lowest BCUT2D eigenvalue weighted by molar-refractivity contribution is 0.0739. The summed E-state index contributed by atoms with van der Waals surface area (Å²) in [6.07, 6.45) is 10.7. The Bertz CT molecular complexity index is 1090. The van der Waals surface area contributed by atoms with Gasteiger partial charge in [-0.1, -0.05) is 26.8 Å². The van der Waals surface area contributed by atoms with Gasteiger partial charge in [-0.25, -0.2) is 9.50 Å². The van der Waals surface area contributed by atoms with Gasteiger partial charge < -0.3 is 10.6 Å². The standard InChI is InChI=1S/C23H28N6O/c1-22(2)16-6-8-23(3,11-16)21(22)28-20(30)17-14-26-29-10-7-18(27-19(17)29)25-13-15-5-4-9-24-12-15/h4-5,7,9-10,12,14,16,21H,6,8,11,13H2,1-3H3,(H,25,27)(H,28,30). The monoisotopic (exact) mass is 404 g/mol. The van der Waals surface area contributed by atoms with Crippen molar-refractivity contribution in [3.05, 3.63) is 54.1 Å². The first-order valence-corrected chi connectivity index (χ1v) is 10.6. The number of hydrogen-bond acceptors (Lipinski definition) is 5. The van der Waals surface area contributed by atoms with Crippen molar-refractivity contribution in [2.24, 2.45) is 16.7 Å².